The fourth-order valence-electron chi connectivity index (χ4n) is 5.88. The lowest BCUT2D eigenvalue weighted by Crippen LogP contribution is -2.49. The first-order valence-corrected chi connectivity index (χ1v) is 15.2. The van der Waals surface area contributed by atoms with Gasteiger partial charge < -0.3 is 20.9 Å². The fraction of sp³-hybridized carbons (Fsp3) is 0.343. The summed E-state index contributed by atoms with van der Waals surface area (Å²) in [7, 11) is 1.93. The minimum absolute atomic E-state index is 0.0335. The second-order valence-electron chi connectivity index (χ2n) is 11.2. The van der Waals surface area contributed by atoms with Gasteiger partial charge in [-0.25, -0.2) is 4.68 Å². The van der Waals surface area contributed by atoms with E-state index < -0.39 is 0 Å². The van der Waals surface area contributed by atoms with Crippen LogP contribution < -0.4 is 16.0 Å². The van der Waals surface area contributed by atoms with E-state index in [-0.39, 0.29) is 29.8 Å². The molecule has 8 nitrogen and oxygen atoms in total. The van der Waals surface area contributed by atoms with E-state index in [1.807, 2.05) is 61.3 Å². The minimum atomic E-state index is -0.312. The quantitative estimate of drug-likeness (QED) is 0.218. The molecule has 0 bridgehead atoms. The topological polar surface area (TPSA) is 91.3 Å². The summed E-state index contributed by atoms with van der Waals surface area (Å²) in [5.74, 6) is 0.0420. The van der Waals surface area contributed by atoms with E-state index in [0.717, 1.165) is 37.2 Å². The zero-order chi connectivity index (χ0) is 30.0. The zero-order valence-electron chi connectivity index (χ0n) is 25.1. The largest absolute Gasteiger partial charge is 0.350 e. The molecule has 0 radical (unpaired) electrons. The zero-order valence-corrected chi connectivity index (χ0v) is 25.1. The van der Waals surface area contributed by atoms with Crippen LogP contribution >= 0.6 is 0 Å². The lowest BCUT2D eigenvalue weighted by atomic mass is 9.90. The number of aromatic nitrogens is 2. The maximum atomic E-state index is 14.0. The molecular weight excluding hydrogens is 536 g/mol. The summed E-state index contributed by atoms with van der Waals surface area (Å²) >= 11 is 0. The summed E-state index contributed by atoms with van der Waals surface area (Å²) in [6.07, 6.45) is 3.97. The van der Waals surface area contributed by atoms with Crippen LogP contribution in [0.1, 0.15) is 52.4 Å². The van der Waals surface area contributed by atoms with Gasteiger partial charge >= 0.3 is 0 Å². The Morgan fingerprint density at radius 3 is 2.23 bits per heavy atom. The van der Waals surface area contributed by atoms with Gasteiger partial charge in [0, 0.05) is 31.6 Å². The van der Waals surface area contributed by atoms with Gasteiger partial charge in [-0.2, -0.15) is 5.10 Å². The SMILES string of the molecule is CNCCCC1NC(CNC(=O)c2cnn(-c3ccccc3)c2C)CCN(CC(c2ccccc2)c2ccccc2)C1=O. The molecule has 1 saturated heterocycles. The van der Waals surface area contributed by atoms with E-state index in [9.17, 15) is 9.59 Å². The summed E-state index contributed by atoms with van der Waals surface area (Å²) in [4.78, 5) is 29.2. The van der Waals surface area contributed by atoms with Crippen molar-refractivity contribution < 1.29 is 9.59 Å². The highest BCUT2D eigenvalue weighted by molar-refractivity contribution is 5.95. The monoisotopic (exact) mass is 578 g/mol. The third-order valence-corrected chi connectivity index (χ3v) is 8.28. The molecule has 3 aromatic carbocycles. The Balaban J connectivity index is 1.29. The number of carbonyl (C=O) groups excluding carboxylic acids is 2. The third kappa shape index (κ3) is 7.58. The van der Waals surface area contributed by atoms with Gasteiger partial charge in [0.15, 0.2) is 0 Å². The smallest absolute Gasteiger partial charge is 0.254 e. The van der Waals surface area contributed by atoms with Crippen LogP contribution in [0.25, 0.3) is 5.69 Å². The first kappa shape index (κ1) is 30.2. The van der Waals surface area contributed by atoms with Gasteiger partial charge in [-0.15, -0.1) is 0 Å². The Morgan fingerprint density at radius 2 is 1.60 bits per heavy atom. The Kier molecular flexibility index (Phi) is 10.4. The van der Waals surface area contributed by atoms with Crippen molar-refractivity contribution in [3.05, 3.63) is 120 Å². The van der Waals surface area contributed by atoms with Gasteiger partial charge in [0.05, 0.1) is 29.2 Å². The van der Waals surface area contributed by atoms with E-state index in [1.54, 1.807) is 10.9 Å². The molecule has 5 rings (SSSR count). The minimum Gasteiger partial charge on any atom is -0.350 e. The van der Waals surface area contributed by atoms with E-state index in [1.165, 1.54) is 11.1 Å². The predicted octanol–water partition coefficient (Wildman–Crippen LogP) is 4.30. The van der Waals surface area contributed by atoms with Gasteiger partial charge in [0.25, 0.3) is 5.91 Å². The molecule has 1 aliphatic heterocycles. The number of amides is 2. The van der Waals surface area contributed by atoms with Gasteiger partial charge in [0.2, 0.25) is 5.91 Å². The summed E-state index contributed by atoms with van der Waals surface area (Å²) < 4.78 is 1.78. The first-order chi connectivity index (χ1) is 21.0. The lowest BCUT2D eigenvalue weighted by molar-refractivity contribution is -0.133. The Hall–Kier alpha value is -4.27. The second kappa shape index (κ2) is 14.8. The van der Waals surface area contributed by atoms with Crippen molar-refractivity contribution >= 4 is 11.8 Å². The predicted molar refractivity (Wildman–Crippen MR) is 170 cm³/mol. The van der Waals surface area contributed by atoms with Crippen molar-refractivity contribution in [1.82, 2.24) is 30.6 Å². The van der Waals surface area contributed by atoms with E-state index in [0.29, 0.717) is 25.2 Å². The molecule has 0 saturated carbocycles. The van der Waals surface area contributed by atoms with Crippen molar-refractivity contribution in [2.24, 2.45) is 0 Å². The van der Waals surface area contributed by atoms with Gasteiger partial charge in [0.1, 0.15) is 0 Å². The third-order valence-electron chi connectivity index (χ3n) is 8.28. The van der Waals surface area contributed by atoms with E-state index in [2.05, 4.69) is 69.6 Å². The molecule has 3 N–H and O–H groups in total. The van der Waals surface area contributed by atoms with Crippen molar-refractivity contribution in [3.63, 3.8) is 0 Å². The van der Waals surface area contributed by atoms with Crippen LogP contribution in [0.5, 0.6) is 0 Å². The molecule has 1 aromatic heterocycles. The van der Waals surface area contributed by atoms with Crippen molar-refractivity contribution in [3.8, 4) is 5.69 Å². The number of nitrogens with zero attached hydrogens (tertiary/aromatic N) is 3. The van der Waals surface area contributed by atoms with Crippen molar-refractivity contribution in [2.45, 2.75) is 44.2 Å². The standard InChI is InChI=1S/C35H42N6O2/c1-26-31(24-38-41(26)30-17-10-5-11-18-30)34(42)37-23-29-20-22-40(35(43)33(39-29)19-12-21-36-2)25-32(27-13-6-3-7-14-27)28-15-8-4-9-16-28/h3-11,13-18,24,29,32-33,36,39H,12,19-23,25H2,1-2H3,(H,37,42). The van der Waals surface area contributed by atoms with Crippen molar-refractivity contribution in [1.29, 1.82) is 0 Å². The molecular formula is C35H42N6O2. The number of benzene rings is 3. The Labute approximate surface area is 254 Å². The first-order valence-electron chi connectivity index (χ1n) is 15.2. The molecule has 2 heterocycles. The number of nitrogens with one attached hydrogen (secondary N) is 3. The number of carbonyl (C=O) groups is 2. The molecule has 0 spiro atoms. The molecule has 2 amide bonds. The van der Waals surface area contributed by atoms with Crippen molar-refractivity contribution in [2.75, 3.05) is 33.2 Å². The highest BCUT2D eigenvalue weighted by Crippen LogP contribution is 2.27. The Bertz CT molecular complexity index is 1420. The maximum Gasteiger partial charge on any atom is 0.254 e. The van der Waals surface area contributed by atoms with Crippen LogP contribution in [0.2, 0.25) is 0 Å². The molecule has 43 heavy (non-hydrogen) atoms. The molecule has 224 valence electrons. The molecule has 2 atom stereocenters. The fourth-order valence-corrected chi connectivity index (χ4v) is 5.88. The van der Waals surface area contributed by atoms with Crippen LogP contribution in [0.15, 0.2) is 97.2 Å². The normalized spacial score (nSPS) is 17.2. The summed E-state index contributed by atoms with van der Waals surface area (Å²) in [6, 6.07) is 30.3. The molecule has 2 unspecified atom stereocenters. The Morgan fingerprint density at radius 1 is 0.977 bits per heavy atom. The molecule has 1 aliphatic rings. The second-order valence-corrected chi connectivity index (χ2v) is 11.2. The average Bonchev–Trinajstić information content (AvgIpc) is 3.37. The summed E-state index contributed by atoms with van der Waals surface area (Å²) in [5, 5.41) is 14.4. The van der Waals surface area contributed by atoms with E-state index in [4.69, 9.17) is 0 Å². The number of hydrogen-bond acceptors (Lipinski definition) is 5. The molecule has 1 fully saturated rings. The molecule has 0 aliphatic carbocycles. The van der Waals surface area contributed by atoms with Crippen LogP contribution in [-0.2, 0) is 4.79 Å². The highest BCUT2D eigenvalue weighted by atomic mass is 16.2. The van der Waals surface area contributed by atoms with Crippen LogP contribution in [0.3, 0.4) is 0 Å². The summed E-state index contributed by atoms with van der Waals surface area (Å²) in [5.41, 5.74) is 4.64. The van der Waals surface area contributed by atoms with Gasteiger partial charge in [-0.1, -0.05) is 78.9 Å². The van der Waals surface area contributed by atoms with Crippen LogP contribution in [-0.4, -0.2) is 71.8 Å². The average molecular weight is 579 g/mol. The van der Waals surface area contributed by atoms with Crippen LogP contribution in [0, 0.1) is 6.92 Å². The number of hydrogen-bond donors (Lipinski definition) is 3. The number of rotatable bonds is 12. The van der Waals surface area contributed by atoms with E-state index >= 15 is 0 Å². The highest BCUT2D eigenvalue weighted by Gasteiger charge is 2.32. The molecule has 8 heteroatoms. The number of para-hydroxylation sites is 1. The van der Waals surface area contributed by atoms with Crippen LogP contribution in [0.4, 0.5) is 0 Å². The van der Waals surface area contributed by atoms with Gasteiger partial charge in [-0.3, -0.25) is 9.59 Å². The lowest BCUT2D eigenvalue weighted by Gasteiger charge is -2.29. The maximum absolute atomic E-state index is 14.0. The summed E-state index contributed by atoms with van der Waals surface area (Å²) in [6.45, 7) is 4.40. The molecule has 4 aromatic rings. The van der Waals surface area contributed by atoms with Gasteiger partial charge in [-0.05, 0) is 63.0 Å².